The fraction of sp³-hybridized carbons (Fsp3) is 0.667. The van der Waals surface area contributed by atoms with Gasteiger partial charge in [0, 0.05) is 26.1 Å². The van der Waals surface area contributed by atoms with E-state index in [2.05, 4.69) is 0 Å². The third kappa shape index (κ3) is 2.77. The summed E-state index contributed by atoms with van der Waals surface area (Å²) in [5.74, 6) is 1.72. The SMILES string of the molecule is CCN1C(=O)CCC[C@]12CCCN(C(=O)c1cc(C)oc1C)C2. The topological polar surface area (TPSA) is 53.8 Å². The number of rotatable bonds is 2. The molecule has 2 aliphatic heterocycles. The standard InChI is InChI=1S/C18H26N2O3/c1-4-20-16(21)7-5-8-18(20)9-6-10-19(12-18)17(22)15-11-13(2)23-14(15)3/h11H,4-10,12H2,1-3H3/t18-/m1/s1. The average molecular weight is 318 g/mol. The summed E-state index contributed by atoms with van der Waals surface area (Å²) in [7, 11) is 0. The van der Waals surface area contributed by atoms with Gasteiger partial charge in [-0.25, -0.2) is 0 Å². The van der Waals surface area contributed by atoms with Crippen LogP contribution in [-0.4, -0.2) is 46.8 Å². The van der Waals surface area contributed by atoms with E-state index in [1.165, 1.54) is 0 Å². The normalized spacial score (nSPS) is 25.3. The van der Waals surface area contributed by atoms with E-state index in [1.807, 2.05) is 36.6 Å². The van der Waals surface area contributed by atoms with Crippen molar-refractivity contribution in [2.45, 2.75) is 58.4 Å². The molecule has 2 fully saturated rings. The van der Waals surface area contributed by atoms with Crippen LogP contribution in [0.3, 0.4) is 0 Å². The number of furan rings is 1. The molecule has 1 spiro atoms. The maximum Gasteiger partial charge on any atom is 0.257 e. The number of nitrogens with zero attached hydrogens (tertiary/aromatic N) is 2. The maximum atomic E-state index is 12.9. The molecule has 0 aromatic carbocycles. The van der Waals surface area contributed by atoms with Crippen LogP contribution in [0.1, 0.15) is 60.9 Å². The molecule has 23 heavy (non-hydrogen) atoms. The van der Waals surface area contributed by atoms with Crippen LogP contribution < -0.4 is 0 Å². The largest absolute Gasteiger partial charge is 0.466 e. The van der Waals surface area contributed by atoms with Gasteiger partial charge in [-0.05, 0) is 52.5 Å². The van der Waals surface area contributed by atoms with Gasteiger partial charge >= 0.3 is 0 Å². The Labute approximate surface area is 137 Å². The van der Waals surface area contributed by atoms with Crippen molar-refractivity contribution in [2.24, 2.45) is 0 Å². The molecule has 3 rings (SSSR count). The first kappa shape index (κ1) is 16.1. The van der Waals surface area contributed by atoms with Crippen LogP contribution in [0.5, 0.6) is 0 Å². The summed E-state index contributed by atoms with van der Waals surface area (Å²) in [6, 6.07) is 1.82. The van der Waals surface area contributed by atoms with Crippen LogP contribution in [0.15, 0.2) is 10.5 Å². The Balaban J connectivity index is 1.84. The van der Waals surface area contributed by atoms with E-state index in [0.29, 0.717) is 24.3 Å². The van der Waals surface area contributed by atoms with Gasteiger partial charge in [-0.1, -0.05) is 0 Å². The Morgan fingerprint density at radius 2 is 2.04 bits per heavy atom. The van der Waals surface area contributed by atoms with Gasteiger partial charge in [0.1, 0.15) is 11.5 Å². The first-order valence-corrected chi connectivity index (χ1v) is 8.63. The number of piperidine rings is 2. The first-order valence-electron chi connectivity index (χ1n) is 8.63. The Bertz CT molecular complexity index is 618. The van der Waals surface area contributed by atoms with E-state index < -0.39 is 0 Å². The zero-order chi connectivity index (χ0) is 16.6. The molecule has 5 heteroatoms. The van der Waals surface area contributed by atoms with Gasteiger partial charge in [-0.15, -0.1) is 0 Å². The van der Waals surface area contributed by atoms with Crippen molar-refractivity contribution < 1.29 is 14.0 Å². The highest BCUT2D eigenvalue weighted by atomic mass is 16.3. The number of hydrogen-bond donors (Lipinski definition) is 0. The van der Waals surface area contributed by atoms with Gasteiger partial charge in [0.25, 0.3) is 5.91 Å². The molecule has 0 bridgehead atoms. The summed E-state index contributed by atoms with van der Waals surface area (Å²) < 4.78 is 5.51. The predicted octanol–water partition coefficient (Wildman–Crippen LogP) is 2.90. The molecule has 0 radical (unpaired) electrons. The van der Waals surface area contributed by atoms with Crippen molar-refractivity contribution in [2.75, 3.05) is 19.6 Å². The van der Waals surface area contributed by atoms with Crippen molar-refractivity contribution in [1.29, 1.82) is 0 Å². The Kier molecular flexibility index (Phi) is 4.21. The minimum absolute atomic E-state index is 0.0347. The van der Waals surface area contributed by atoms with E-state index in [1.54, 1.807) is 0 Å². The smallest absolute Gasteiger partial charge is 0.257 e. The van der Waals surface area contributed by atoms with Crippen LogP contribution in [0.4, 0.5) is 0 Å². The summed E-state index contributed by atoms with van der Waals surface area (Å²) in [6.45, 7) is 7.87. The molecule has 3 heterocycles. The minimum atomic E-state index is -0.162. The van der Waals surface area contributed by atoms with Gasteiger partial charge in [0.15, 0.2) is 0 Å². The number of carbonyl (C=O) groups excluding carboxylic acids is 2. The highest BCUT2D eigenvalue weighted by Gasteiger charge is 2.45. The molecule has 2 amide bonds. The third-order valence-corrected chi connectivity index (χ3v) is 5.34. The number of likely N-dealkylation sites (N-methyl/N-ethyl adjacent to an activating group) is 1. The monoisotopic (exact) mass is 318 g/mol. The summed E-state index contributed by atoms with van der Waals surface area (Å²) in [5.41, 5.74) is 0.495. The van der Waals surface area contributed by atoms with Gasteiger partial charge < -0.3 is 14.2 Å². The van der Waals surface area contributed by atoms with Gasteiger partial charge in [-0.2, -0.15) is 0 Å². The van der Waals surface area contributed by atoms with E-state index in [-0.39, 0.29) is 17.4 Å². The second-order valence-corrected chi connectivity index (χ2v) is 6.87. The van der Waals surface area contributed by atoms with Crippen LogP contribution >= 0.6 is 0 Å². The number of hydrogen-bond acceptors (Lipinski definition) is 3. The van der Waals surface area contributed by atoms with Crippen molar-refractivity contribution in [3.8, 4) is 0 Å². The highest BCUT2D eigenvalue weighted by Crippen LogP contribution is 2.37. The summed E-state index contributed by atoms with van der Waals surface area (Å²) in [6.07, 6.45) is 4.52. The number of likely N-dealkylation sites (tertiary alicyclic amines) is 2. The molecule has 1 aromatic heterocycles. The predicted molar refractivity (Wildman–Crippen MR) is 87.3 cm³/mol. The van der Waals surface area contributed by atoms with E-state index >= 15 is 0 Å². The molecule has 2 aliphatic rings. The molecule has 2 saturated heterocycles. The van der Waals surface area contributed by atoms with Crippen LogP contribution in [-0.2, 0) is 4.79 Å². The molecule has 1 aromatic rings. The second-order valence-electron chi connectivity index (χ2n) is 6.87. The van der Waals surface area contributed by atoms with Crippen molar-refractivity contribution in [3.05, 3.63) is 23.2 Å². The minimum Gasteiger partial charge on any atom is -0.466 e. The van der Waals surface area contributed by atoms with Gasteiger partial charge in [0.05, 0.1) is 11.1 Å². The van der Waals surface area contributed by atoms with E-state index in [4.69, 9.17) is 4.42 Å². The average Bonchev–Trinajstić information content (AvgIpc) is 2.85. The third-order valence-electron chi connectivity index (χ3n) is 5.34. The summed E-state index contributed by atoms with van der Waals surface area (Å²) >= 11 is 0. The molecular formula is C18H26N2O3. The zero-order valence-corrected chi connectivity index (χ0v) is 14.4. The van der Waals surface area contributed by atoms with Crippen molar-refractivity contribution in [3.63, 3.8) is 0 Å². The zero-order valence-electron chi connectivity index (χ0n) is 14.4. The lowest BCUT2D eigenvalue weighted by atomic mass is 9.79. The van der Waals surface area contributed by atoms with Crippen LogP contribution in [0, 0.1) is 13.8 Å². The maximum absolute atomic E-state index is 12.9. The number of aryl methyl sites for hydroxylation is 2. The number of amides is 2. The Hall–Kier alpha value is -1.78. The van der Waals surface area contributed by atoms with Crippen LogP contribution in [0.2, 0.25) is 0 Å². The lowest BCUT2D eigenvalue weighted by molar-refractivity contribution is -0.144. The second kappa shape index (κ2) is 6.02. The lowest BCUT2D eigenvalue weighted by Crippen LogP contribution is -2.63. The summed E-state index contributed by atoms with van der Waals surface area (Å²) in [4.78, 5) is 29.1. The van der Waals surface area contributed by atoms with E-state index in [0.717, 1.165) is 44.5 Å². The summed E-state index contributed by atoms with van der Waals surface area (Å²) in [5, 5.41) is 0. The number of carbonyl (C=O) groups is 2. The first-order chi connectivity index (χ1) is 11.0. The van der Waals surface area contributed by atoms with Gasteiger partial charge in [-0.3, -0.25) is 9.59 Å². The van der Waals surface area contributed by atoms with Crippen LogP contribution in [0.25, 0.3) is 0 Å². The molecule has 126 valence electrons. The highest BCUT2D eigenvalue weighted by molar-refractivity contribution is 5.95. The fourth-order valence-corrected chi connectivity index (χ4v) is 4.34. The van der Waals surface area contributed by atoms with Gasteiger partial charge in [0.2, 0.25) is 5.91 Å². The molecule has 0 unspecified atom stereocenters. The molecular weight excluding hydrogens is 292 g/mol. The molecule has 0 N–H and O–H groups in total. The molecule has 0 aliphatic carbocycles. The van der Waals surface area contributed by atoms with Crippen molar-refractivity contribution in [1.82, 2.24) is 9.80 Å². The van der Waals surface area contributed by atoms with E-state index in [9.17, 15) is 9.59 Å². The fourth-order valence-electron chi connectivity index (χ4n) is 4.34. The lowest BCUT2D eigenvalue weighted by Gasteiger charge is -2.51. The quantitative estimate of drug-likeness (QED) is 0.842. The van der Waals surface area contributed by atoms with Crippen molar-refractivity contribution >= 4 is 11.8 Å². The Morgan fingerprint density at radius 1 is 1.30 bits per heavy atom. The molecule has 1 atom stereocenters. The molecule has 0 saturated carbocycles. The molecule has 5 nitrogen and oxygen atoms in total. The Morgan fingerprint density at radius 3 is 2.70 bits per heavy atom.